The Morgan fingerprint density at radius 3 is 1.73 bits per heavy atom. The smallest absolute Gasteiger partial charge is 0.119 e. The molecule has 0 bridgehead atoms. The normalized spacial score (nSPS) is 16.4. The summed E-state index contributed by atoms with van der Waals surface area (Å²) < 4.78 is 0. The van der Waals surface area contributed by atoms with E-state index in [1.807, 2.05) is 6.07 Å². The summed E-state index contributed by atoms with van der Waals surface area (Å²) in [7, 11) is 0. The van der Waals surface area contributed by atoms with E-state index in [2.05, 4.69) is 76.2 Å². The topological polar surface area (TPSA) is 40.5 Å². The molecule has 0 heterocycles. The first-order valence-corrected chi connectivity index (χ1v) is 11.9. The SMILES string of the molecule is CC(CCC(Cc1cc(O)c(C(C)(C)C)cc1O)C(C)CC(C)(C)C)CC(C)(C)C. The molecule has 1 rings (SSSR count). The van der Waals surface area contributed by atoms with Crippen LogP contribution in [-0.2, 0) is 11.8 Å². The molecule has 3 unspecified atom stereocenters. The fourth-order valence-corrected chi connectivity index (χ4v) is 5.03. The molecule has 174 valence electrons. The van der Waals surface area contributed by atoms with Crippen LogP contribution in [0.2, 0.25) is 0 Å². The van der Waals surface area contributed by atoms with Crippen LogP contribution in [0.25, 0.3) is 0 Å². The molecule has 1 aromatic rings. The lowest BCUT2D eigenvalue weighted by atomic mass is 9.74. The monoisotopic (exact) mass is 418 g/mol. The fourth-order valence-electron chi connectivity index (χ4n) is 5.03. The van der Waals surface area contributed by atoms with Crippen molar-refractivity contribution in [3.63, 3.8) is 0 Å². The molecule has 2 nitrogen and oxygen atoms in total. The van der Waals surface area contributed by atoms with Crippen molar-refractivity contribution in [1.29, 1.82) is 0 Å². The number of phenols is 2. The standard InChI is InChI=1S/C28H50O2/c1-19(17-26(3,4)5)12-13-21(20(2)18-27(6,7)8)14-22-15-25(30)23(16-24(22)29)28(9,10)11/h15-16,19-21,29-30H,12-14,17-18H2,1-11H3. The lowest BCUT2D eigenvalue weighted by molar-refractivity contribution is 0.208. The van der Waals surface area contributed by atoms with Gasteiger partial charge in [-0.05, 0) is 77.4 Å². The molecular weight excluding hydrogens is 368 g/mol. The van der Waals surface area contributed by atoms with Crippen molar-refractivity contribution in [1.82, 2.24) is 0 Å². The Hall–Kier alpha value is -1.18. The maximum absolute atomic E-state index is 10.8. The van der Waals surface area contributed by atoms with Crippen molar-refractivity contribution < 1.29 is 10.2 Å². The van der Waals surface area contributed by atoms with Crippen LogP contribution < -0.4 is 0 Å². The summed E-state index contributed by atoms with van der Waals surface area (Å²) >= 11 is 0. The summed E-state index contributed by atoms with van der Waals surface area (Å²) in [6.45, 7) is 24.8. The first-order chi connectivity index (χ1) is 13.4. The highest BCUT2D eigenvalue weighted by Crippen LogP contribution is 2.40. The molecule has 0 radical (unpaired) electrons. The summed E-state index contributed by atoms with van der Waals surface area (Å²) in [5, 5.41) is 21.4. The Morgan fingerprint density at radius 1 is 0.733 bits per heavy atom. The van der Waals surface area contributed by atoms with Crippen LogP contribution in [-0.4, -0.2) is 10.2 Å². The second kappa shape index (κ2) is 9.96. The third kappa shape index (κ3) is 9.31. The minimum atomic E-state index is -0.193. The Bertz CT molecular complexity index is 668. The van der Waals surface area contributed by atoms with Gasteiger partial charge in [0.2, 0.25) is 0 Å². The first kappa shape index (κ1) is 26.9. The zero-order valence-electron chi connectivity index (χ0n) is 21.8. The van der Waals surface area contributed by atoms with E-state index >= 15 is 0 Å². The zero-order valence-corrected chi connectivity index (χ0v) is 21.8. The molecule has 0 fully saturated rings. The van der Waals surface area contributed by atoms with Crippen LogP contribution in [0.3, 0.4) is 0 Å². The van der Waals surface area contributed by atoms with Gasteiger partial charge in [0.05, 0.1) is 0 Å². The molecule has 30 heavy (non-hydrogen) atoms. The number of benzene rings is 1. The molecule has 2 heteroatoms. The number of rotatable bonds is 8. The van der Waals surface area contributed by atoms with Crippen LogP contribution in [0.15, 0.2) is 12.1 Å². The molecular formula is C28H50O2. The second-order valence-corrected chi connectivity index (χ2v) is 13.4. The third-order valence-corrected chi connectivity index (χ3v) is 6.22. The highest BCUT2D eigenvalue weighted by Gasteiger charge is 2.27. The van der Waals surface area contributed by atoms with Crippen LogP contribution >= 0.6 is 0 Å². The summed E-state index contributed by atoms with van der Waals surface area (Å²) in [5.41, 5.74) is 2.14. The van der Waals surface area contributed by atoms with Gasteiger partial charge in [-0.15, -0.1) is 0 Å². The highest BCUT2D eigenvalue weighted by atomic mass is 16.3. The number of aromatic hydroxyl groups is 2. The minimum Gasteiger partial charge on any atom is -0.508 e. The Kier molecular flexibility index (Phi) is 8.92. The molecule has 2 N–H and O–H groups in total. The van der Waals surface area contributed by atoms with Crippen LogP contribution in [0.1, 0.15) is 113 Å². The van der Waals surface area contributed by atoms with E-state index < -0.39 is 0 Å². The van der Waals surface area contributed by atoms with Gasteiger partial charge in [0, 0.05) is 5.56 Å². The molecule has 0 aliphatic rings. The van der Waals surface area contributed by atoms with E-state index in [-0.39, 0.29) is 10.8 Å². The van der Waals surface area contributed by atoms with Gasteiger partial charge in [-0.25, -0.2) is 0 Å². The van der Waals surface area contributed by atoms with Crippen LogP contribution in [0.4, 0.5) is 0 Å². The van der Waals surface area contributed by atoms with E-state index in [1.165, 1.54) is 12.8 Å². The van der Waals surface area contributed by atoms with E-state index in [0.717, 1.165) is 30.4 Å². The molecule has 0 aliphatic carbocycles. The Balaban J connectivity index is 3.07. The Labute approximate surface area is 187 Å². The fraction of sp³-hybridized carbons (Fsp3) is 0.786. The average Bonchev–Trinajstić information content (AvgIpc) is 2.49. The van der Waals surface area contributed by atoms with Crippen molar-refractivity contribution in [3.05, 3.63) is 23.3 Å². The number of hydrogen-bond donors (Lipinski definition) is 2. The van der Waals surface area contributed by atoms with Crippen LogP contribution in [0, 0.1) is 28.6 Å². The molecule has 0 aliphatic heterocycles. The lowest BCUT2D eigenvalue weighted by Crippen LogP contribution is -2.22. The molecule has 0 aromatic heterocycles. The largest absolute Gasteiger partial charge is 0.508 e. The number of phenolic OH excluding ortho intramolecular Hbond substituents is 2. The van der Waals surface area contributed by atoms with Gasteiger partial charge < -0.3 is 10.2 Å². The van der Waals surface area contributed by atoms with Crippen molar-refractivity contribution in [2.24, 2.45) is 28.6 Å². The number of hydrogen-bond acceptors (Lipinski definition) is 2. The van der Waals surface area contributed by atoms with Gasteiger partial charge in [-0.1, -0.05) is 82.6 Å². The Morgan fingerprint density at radius 2 is 1.27 bits per heavy atom. The van der Waals surface area contributed by atoms with E-state index in [4.69, 9.17) is 0 Å². The maximum Gasteiger partial charge on any atom is 0.119 e. The summed E-state index contributed by atoms with van der Waals surface area (Å²) in [5.74, 6) is 2.39. The van der Waals surface area contributed by atoms with E-state index in [9.17, 15) is 10.2 Å². The minimum absolute atomic E-state index is 0.193. The zero-order chi connectivity index (χ0) is 23.5. The third-order valence-electron chi connectivity index (χ3n) is 6.22. The van der Waals surface area contributed by atoms with Gasteiger partial charge >= 0.3 is 0 Å². The first-order valence-electron chi connectivity index (χ1n) is 11.9. The predicted octanol–water partition coefficient (Wildman–Crippen LogP) is 8.48. The molecule has 3 atom stereocenters. The van der Waals surface area contributed by atoms with Gasteiger partial charge in [-0.3, -0.25) is 0 Å². The lowest BCUT2D eigenvalue weighted by Gasteiger charge is -2.32. The van der Waals surface area contributed by atoms with Crippen molar-refractivity contribution in [2.75, 3.05) is 0 Å². The van der Waals surface area contributed by atoms with Gasteiger partial charge in [0.25, 0.3) is 0 Å². The van der Waals surface area contributed by atoms with Crippen molar-refractivity contribution in [2.45, 2.75) is 114 Å². The van der Waals surface area contributed by atoms with Crippen molar-refractivity contribution in [3.8, 4) is 11.5 Å². The molecule has 1 aromatic carbocycles. The summed E-state index contributed by atoms with van der Waals surface area (Å²) in [6.07, 6.45) is 5.60. The molecule has 0 saturated carbocycles. The van der Waals surface area contributed by atoms with Crippen molar-refractivity contribution >= 4 is 0 Å². The molecule has 0 spiro atoms. The summed E-state index contributed by atoms with van der Waals surface area (Å²) in [6, 6.07) is 3.59. The second-order valence-electron chi connectivity index (χ2n) is 13.4. The quantitative estimate of drug-likeness (QED) is 0.415. The average molecular weight is 419 g/mol. The maximum atomic E-state index is 10.8. The van der Waals surface area contributed by atoms with Gasteiger partial charge in [0.15, 0.2) is 0 Å². The highest BCUT2D eigenvalue weighted by molar-refractivity contribution is 5.48. The molecule has 0 amide bonds. The summed E-state index contributed by atoms with van der Waals surface area (Å²) in [4.78, 5) is 0. The predicted molar refractivity (Wildman–Crippen MR) is 131 cm³/mol. The van der Waals surface area contributed by atoms with E-state index in [0.29, 0.717) is 34.7 Å². The van der Waals surface area contributed by atoms with E-state index in [1.54, 1.807) is 6.07 Å². The van der Waals surface area contributed by atoms with Crippen LogP contribution in [0.5, 0.6) is 11.5 Å². The van der Waals surface area contributed by atoms with Gasteiger partial charge in [-0.2, -0.15) is 0 Å². The molecule has 0 saturated heterocycles. The van der Waals surface area contributed by atoms with Gasteiger partial charge in [0.1, 0.15) is 11.5 Å².